The van der Waals surface area contributed by atoms with E-state index in [0.717, 1.165) is 18.0 Å². The lowest BCUT2D eigenvalue weighted by Crippen LogP contribution is -2.42. The van der Waals surface area contributed by atoms with Crippen LogP contribution in [0.25, 0.3) is 0 Å². The molecule has 0 spiro atoms. The van der Waals surface area contributed by atoms with E-state index < -0.39 is 21.8 Å². The van der Waals surface area contributed by atoms with E-state index in [0.29, 0.717) is 10.1 Å². The number of allylic oxidation sites excluding steroid dienone is 2. The van der Waals surface area contributed by atoms with Gasteiger partial charge < -0.3 is 4.74 Å². The third kappa shape index (κ3) is 4.87. The van der Waals surface area contributed by atoms with Gasteiger partial charge in [0.25, 0.3) is 10.0 Å². The summed E-state index contributed by atoms with van der Waals surface area (Å²) >= 11 is 0. The third-order valence-corrected chi connectivity index (χ3v) is 6.05. The molecule has 31 heavy (non-hydrogen) atoms. The zero-order valence-corrected chi connectivity index (χ0v) is 17.2. The Morgan fingerprint density at radius 3 is 2.39 bits per heavy atom. The Balaban J connectivity index is 1.96. The number of carbonyl (C=O) groups excluding carboxylic acids is 2. The molecule has 0 aromatic heterocycles. The number of Topliss-reactive ketones (excluding diaryl/α,β-unsaturated/α-hetero) is 1. The number of aliphatic imine (C=N–C) groups is 1. The molecule has 1 heterocycles. The van der Waals surface area contributed by atoms with Crippen LogP contribution in [0.15, 0.2) is 88.5 Å². The average Bonchev–Trinajstić information content (AvgIpc) is 3.03. The lowest BCUT2D eigenvalue weighted by molar-refractivity contribution is -0.122. The summed E-state index contributed by atoms with van der Waals surface area (Å²) in [5.41, 5.74) is 2.24. The molecule has 10 heteroatoms. The number of ketones is 1. The van der Waals surface area contributed by atoms with Crippen LogP contribution >= 0.6 is 0 Å². The summed E-state index contributed by atoms with van der Waals surface area (Å²) in [6.45, 7) is 0. The lowest BCUT2D eigenvalue weighted by atomic mass is 10.0. The summed E-state index contributed by atoms with van der Waals surface area (Å²) in [5, 5.41) is 9.04. The van der Waals surface area contributed by atoms with Gasteiger partial charge in [-0.15, -0.1) is 0 Å². The molecule has 0 saturated heterocycles. The number of hydrogen-bond donors (Lipinski definition) is 2. The Morgan fingerprint density at radius 1 is 1.10 bits per heavy atom. The molecule has 0 fully saturated rings. The van der Waals surface area contributed by atoms with E-state index in [1.807, 2.05) is 6.07 Å². The molecule has 0 aliphatic carbocycles. The van der Waals surface area contributed by atoms with E-state index >= 15 is 0 Å². The number of benzene rings is 2. The van der Waals surface area contributed by atoms with Crippen molar-refractivity contribution in [1.29, 1.82) is 0 Å². The standard InChI is InChI=1S/C21H19N3O6S/c1-30-17-7-9-18(10-8-17)31(28,29)24-12-11-16(14-22-20(24)21(26)23-27)19(25)13-15-5-3-2-4-6-15/h2-12,14,27H,13H2,1H3,(H,23,26). The number of amidine groups is 1. The summed E-state index contributed by atoms with van der Waals surface area (Å²) in [7, 11) is -2.84. The van der Waals surface area contributed by atoms with Crippen LogP contribution < -0.4 is 10.2 Å². The molecule has 0 saturated carbocycles. The maximum Gasteiger partial charge on any atom is 0.311 e. The second kappa shape index (κ2) is 9.37. The molecular formula is C21H19N3O6S. The van der Waals surface area contributed by atoms with Crippen LogP contribution in [-0.4, -0.2) is 42.6 Å². The van der Waals surface area contributed by atoms with E-state index in [9.17, 15) is 18.0 Å². The number of nitrogens with zero attached hydrogens (tertiary/aromatic N) is 2. The van der Waals surface area contributed by atoms with E-state index in [1.54, 1.807) is 24.3 Å². The first-order valence-electron chi connectivity index (χ1n) is 9.03. The first-order valence-corrected chi connectivity index (χ1v) is 10.5. The first-order chi connectivity index (χ1) is 14.9. The van der Waals surface area contributed by atoms with Gasteiger partial charge in [0.2, 0.25) is 5.84 Å². The first kappa shape index (κ1) is 21.9. The Kier molecular flexibility index (Phi) is 6.63. The predicted molar refractivity (Wildman–Crippen MR) is 112 cm³/mol. The minimum absolute atomic E-state index is 0.0687. The summed E-state index contributed by atoms with van der Waals surface area (Å²) in [5.74, 6) is -1.66. The summed E-state index contributed by atoms with van der Waals surface area (Å²) < 4.78 is 31.9. The largest absolute Gasteiger partial charge is 0.497 e. The zero-order valence-electron chi connectivity index (χ0n) is 16.4. The van der Waals surface area contributed by atoms with Crippen molar-refractivity contribution >= 4 is 27.5 Å². The highest BCUT2D eigenvalue weighted by atomic mass is 32.2. The molecule has 2 aromatic rings. The molecule has 0 radical (unpaired) electrons. The average molecular weight is 441 g/mol. The number of methoxy groups -OCH3 is 1. The third-order valence-electron chi connectivity index (χ3n) is 4.37. The quantitative estimate of drug-likeness (QED) is 0.499. The number of amides is 1. The minimum Gasteiger partial charge on any atom is -0.497 e. The normalized spacial score (nSPS) is 13.7. The van der Waals surface area contributed by atoms with Gasteiger partial charge in [0.15, 0.2) is 5.78 Å². The fourth-order valence-corrected chi connectivity index (χ4v) is 4.05. The van der Waals surface area contributed by atoms with Gasteiger partial charge in [0.1, 0.15) is 5.75 Å². The highest BCUT2D eigenvalue weighted by Gasteiger charge is 2.31. The van der Waals surface area contributed by atoms with E-state index in [2.05, 4.69) is 4.99 Å². The van der Waals surface area contributed by atoms with E-state index in [-0.39, 0.29) is 22.7 Å². The number of nitrogens with one attached hydrogen (secondary N) is 1. The number of ether oxygens (including phenoxy) is 1. The highest BCUT2D eigenvalue weighted by molar-refractivity contribution is 7.89. The molecule has 1 amide bonds. The Hall–Kier alpha value is -3.76. The fourth-order valence-electron chi connectivity index (χ4n) is 2.76. The van der Waals surface area contributed by atoms with Crippen LogP contribution in [0.3, 0.4) is 0 Å². The van der Waals surface area contributed by atoms with Gasteiger partial charge >= 0.3 is 5.91 Å². The topological polar surface area (TPSA) is 125 Å². The van der Waals surface area contributed by atoms with Crippen LogP contribution in [0.4, 0.5) is 0 Å². The fraction of sp³-hybridized carbons (Fsp3) is 0.0952. The van der Waals surface area contributed by atoms with Crippen molar-refractivity contribution in [2.45, 2.75) is 11.3 Å². The minimum atomic E-state index is -4.28. The van der Waals surface area contributed by atoms with Crippen molar-refractivity contribution in [3.05, 3.63) is 84.2 Å². The Morgan fingerprint density at radius 2 is 1.77 bits per heavy atom. The summed E-state index contributed by atoms with van der Waals surface area (Å²) in [6.07, 6.45) is 3.47. The molecule has 1 aliphatic heterocycles. The number of hydrogen-bond acceptors (Lipinski definition) is 7. The molecule has 0 unspecified atom stereocenters. The van der Waals surface area contributed by atoms with Crippen molar-refractivity contribution in [2.75, 3.05) is 7.11 Å². The van der Waals surface area contributed by atoms with Crippen LogP contribution in [-0.2, 0) is 26.0 Å². The maximum atomic E-state index is 13.1. The lowest BCUT2D eigenvalue weighted by Gasteiger charge is -2.20. The second-order valence-electron chi connectivity index (χ2n) is 6.36. The molecule has 9 nitrogen and oxygen atoms in total. The molecule has 3 rings (SSSR count). The van der Waals surface area contributed by atoms with Gasteiger partial charge in [-0.3, -0.25) is 14.8 Å². The number of rotatable bonds is 7. The molecular weight excluding hydrogens is 422 g/mol. The van der Waals surface area contributed by atoms with Crippen molar-refractivity contribution < 1.29 is 28.0 Å². The van der Waals surface area contributed by atoms with E-state index in [4.69, 9.17) is 9.94 Å². The monoisotopic (exact) mass is 441 g/mol. The van der Waals surface area contributed by atoms with Crippen molar-refractivity contribution in [3.8, 4) is 5.75 Å². The van der Waals surface area contributed by atoms with Crippen LogP contribution in [0.1, 0.15) is 5.56 Å². The Labute approximate surface area is 179 Å². The van der Waals surface area contributed by atoms with E-state index in [1.165, 1.54) is 42.9 Å². The van der Waals surface area contributed by atoms with Gasteiger partial charge in [-0.05, 0) is 35.9 Å². The maximum absolute atomic E-state index is 13.1. The number of sulfonamides is 1. The van der Waals surface area contributed by atoms with Crippen molar-refractivity contribution in [1.82, 2.24) is 9.79 Å². The van der Waals surface area contributed by atoms with Gasteiger partial charge in [-0.1, -0.05) is 30.3 Å². The van der Waals surface area contributed by atoms with Crippen molar-refractivity contribution in [3.63, 3.8) is 0 Å². The molecule has 0 bridgehead atoms. The molecule has 2 N–H and O–H groups in total. The summed E-state index contributed by atoms with van der Waals surface area (Å²) in [4.78, 5) is 28.5. The van der Waals surface area contributed by atoms with Gasteiger partial charge in [0, 0.05) is 24.4 Å². The smallest absolute Gasteiger partial charge is 0.311 e. The molecule has 160 valence electrons. The zero-order chi connectivity index (χ0) is 22.4. The highest BCUT2D eigenvalue weighted by Crippen LogP contribution is 2.22. The Bertz CT molecular complexity index is 1170. The van der Waals surface area contributed by atoms with Crippen LogP contribution in [0.2, 0.25) is 0 Å². The second-order valence-corrected chi connectivity index (χ2v) is 8.17. The summed E-state index contributed by atoms with van der Waals surface area (Å²) in [6, 6.07) is 14.5. The SMILES string of the molecule is COc1ccc(S(=O)(=O)N2C=CC(C(=O)Cc3ccccc3)=CN=C2C(=O)NO)cc1. The molecule has 1 aliphatic rings. The number of hydroxylamine groups is 1. The van der Waals surface area contributed by atoms with Gasteiger partial charge in [0.05, 0.1) is 12.0 Å². The van der Waals surface area contributed by atoms with Gasteiger partial charge in [-0.25, -0.2) is 23.2 Å². The van der Waals surface area contributed by atoms with Crippen molar-refractivity contribution in [2.24, 2.45) is 4.99 Å². The predicted octanol–water partition coefficient (Wildman–Crippen LogP) is 1.81. The molecule has 2 aromatic carbocycles. The number of carbonyl (C=O) groups is 2. The molecule has 0 atom stereocenters. The van der Waals surface area contributed by atoms with Crippen LogP contribution in [0, 0.1) is 0 Å². The van der Waals surface area contributed by atoms with Gasteiger partial charge in [-0.2, -0.15) is 0 Å². The van der Waals surface area contributed by atoms with Crippen LogP contribution in [0.5, 0.6) is 5.75 Å².